The maximum atomic E-state index is 12.5. The number of para-hydroxylation sites is 1. The first-order chi connectivity index (χ1) is 25.2. The second-order valence-electron chi connectivity index (χ2n) is 15.4. The topological polar surface area (TPSA) is 85.2 Å². The third-order valence-corrected chi connectivity index (χ3v) is 10.6. The lowest BCUT2D eigenvalue weighted by Crippen LogP contribution is -2.47. The number of pyridine rings is 1. The van der Waals surface area contributed by atoms with Gasteiger partial charge in [-0.25, -0.2) is 4.79 Å². The number of aryl methyl sites for hydroxylation is 1. The number of amides is 1. The Morgan fingerprint density at radius 1 is 0.788 bits per heavy atom. The Morgan fingerprint density at radius 3 is 2.10 bits per heavy atom. The summed E-state index contributed by atoms with van der Waals surface area (Å²) in [5, 5.41) is 6.13. The highest BCUT2D eigenvalue weighted by Crippen LogP contribution is 2.52. The minimum Gasteiger partial charge on any atom is -0.473 e. The SMILES string of the molecule is Cn1nc(-c2ccc(OCc3ccccc3)nc2OCc2ccccc2)c2cccc(N3CCN(CC4[C@H]5CN(C(=O)OC(C)(C)C)C[C@@H]45)CC3)c21. The van der Waals surface area contributed by atoms with Gasteiger partial charge in [-0.05, 0) is 61.8 Å². The quantitative estimate of drug-likeness (QED) is 0.154. The van der Waals surface area contributed by atoms with E-state index >= 15 is 0 Å². The van der Waals surface area contributed by atoms with E-state index in [9.17, 15) is 4.79 Å². The maximum Gasteiger partial charge on any atom is 0.410 e. The number of benzene rings is 3. The van der Waals surface area contributed by atoms with Crippen molar-refractivity contribution in [2.45, 2.75) is 39.6 Å². The summed E-state index contributed by atoms with van der Waals surface area (Å²) < 4.78 is 20.1. The van der Waals surface area contributed by atoms with E-state index < -0.39 is 5.60 Å². The molecule has 3 fully saturated rings. The number of carbonyl (C=O) groups is 1. The van der Waals surface area contributed by atoms with Crippen molar-refractivity contribution >= 4 is 22.7 Å². The first-order valence-electron chi connectivity index (χ1n) is 18.5. The number of rotatable bonds is 10. The molecule has 1 unspecified atom stereocenters. The Kier molecular flexibility index (Phi) is 9.25. The summed E-state index contributed by atoms with van der Waals surface area (Å²) in [6.07, 6.45) is -0.170. The molecule has 2 saturated heterocycles. The number of ether oxygens (including phenoxy) is 3. The average molecular weight is 701 g/mol. The lowest BCUT2D eigenvalue weighted by atomic mass is 10.1. The van der Waals surface area contributed by atoms with Gasteiger partial charge < -0.3 is 24.0 Å². The largest absolute Gasteiger partial charge is 0.473 e. The van der Waals surface area contributed by atoms with Gasteiger partial charge in [0.05, 0.1) is 16.8 Å². The van der Waals surface area contributed by atoms with Crippen molar-refractivity contribution in [3.63, 3.8) is 0 Å². The van der Waals surface area contributed by atoms with Crippen LogP contribution < -0.4 is 14.4 Å². The van der Waals surface area contributed by atoms with Crippen LogP contribution in [0.2, 0.25) is 0 Å². The molecule has 1 aliphatic carbocycles. The van der Waals surface area contributed by atoms with E-state index in [2.05, 4.69) is 28.0 Å². The van der Waals surface area contributed by atoms with E-state index in [0.29, 0.717) is 42.7 Å². The summed E-state index contributed by atoms with van der Waals surface area (Å²) in [6, 6.07) is 30.6. The van der Waals surface area contributed by atoms with Gasteiger partial charge in [0.1, 0.15) is 24.5 Å². The van der Waals surface area contributed by atoms with Crippen LogP contribution in [0.1, 0.15) is 31.9 Å². The predicted molar refractivity (Wildman–Crippen MR) is 202 cm³/mol. The zero-order chi connectivity index (χ0) is 35.8. The third kappa shape index (κ3) is 7.30. The van der Waals surface area contributed by atoms with Crippen molar-refractivity contribution < 1.29 is 19.0 Å². The van der Waals surface area contributed by atoms with Crippen LogP contribution in [-0.4, -0.2) is 82.1 Å². The van der Waals surface area contributed by atoms with Crippen molar-refractivity contribution in [2.75, 3.05) is 50.7 Å². The molecule has 0 N–H and O–H groups in total. The molecule has 1 saturated carbocycles. The molecule has 1 amide bonds. The summed E-state index contributed by atoms with van der Waals surface area (Å²) in [7, 11) is 2.02. The first-order valence-corrected chi connectivity index (χ1v) is 18.5. The highest BCUT2D eigenvalue weighted by molar-refractivity contribution is 6.01. The molecule has 2 aromatic heterocycles. The fourth-order valence-electron chi connectivity index (χ4n) is 7.89. The molecule has 10 nitrogen and oxygen atoms in total. The monoisotopic (exact) mass is 700 g/mol. The molecule has 5 aromatic rings. The number of carbonyl (C=O) groups excluding carboxylic acids is 1. The van der Waals surface area contributed by atoms with Crippen molar-refractivity contribution in [3.05, 3.63) is 102 Å². The van der Waals surface area contributed by atoms with Gasteiger partial charge in [0, 0.05) is 64.3 Å². The van der Waals surface area contributed by atoms with Crippen molar-refractivity contribution in [1.82, 2.24) is 24.6 Å². The van der Waals surface area contributed by atoms with Crippen LogP contribution in [0.25, 0.3) is 22.2 Å². The average Bonchev–Trinajstić information content (AvgIpc) is 3.43. The minimum absolute atomic E-state index is 0.170. The minimum atomic E-state index is -0.453. The summed E-state index contributed by atoms with van der Waals surface area (Å²) >= 11 is 0. The number of hydrogen-bond donors (Lipinski definition) is 0. The Labute approximate surface area is 305 Å². The number of aromatic nitrogens is 3. The van der Waals surface area contributed by atoms with Crippen LogP contribution in [0.15, 0.2) is 91.0 Å². The highest BCUT2D eigenvalue weighted by atomic mass is 16.6. The molecule has 10 heteroatoms. The second-order valence-corrected chi connectivity index (χ2v) is 15.4. The number of nitrogens with zero attached hydrogens (tertiary/aromatic N) is 6. The zero-order valence-electron chi connectivity index (χ0n) is 30.6. The molecule has 8 rings (SSSR count). The Morgan fingerprint density at radius 2 is 1.44 bits per heavy atom. The Hall–Kier alpha value is -5.09. The van der Waals surface area contributed by atoms with Crippen LogP contribution >= 0.6 is 0 Å². The molecule has 3 atom stereocenters. The second kappa shape index (κ2) is 14.1. The zero-order valence-corrected chi connectivity index (χ0v) is 30.6. The van der Waals surface area contributed by atoms with E-state index in [0.717, 1.165) is 79.1 Å². The fourth-order valence-corrected chi connectivity index (χ4v) is 7.89. The molecule has 3 aromatic carbocycles. The van der Waals surface area contributed by atoms with E-state index in [4.69, 9.17) is 24.3 Å². The highest BCUT2D eigenvalue weighted by Gasteiger charge is 2.57. The van der Waals surface area contributed by atoms with Crippen LogP contribution in [0, 0.1) is 17.8 Å². The molecule has 2 aliphatic heterocycles. The van der Waals surface area contributed by atoms with Gasteiger partial charge in [-0.3, -0.25) is 9.58 Å². The number of likely N-dealkylation sites (tertiary alicyclic amines) is 1. The lowest BCUT2D eigenvalue weighted by molar-refractivity contribution is 0.0262. The van der Waals surface area contributed by atoms with Crippen LogP contribution in [0.4, 0.5) is 10.5 Å². The van der Waals surface area contributed by atoms with Gasteiger partial charge in [-0.15, -0.1) is 0 Å². The molecular weight excluding hydrogens is 653 g/mol. The van der Waals surface area contributed by atoms with Gasteiger partial charge in [0.25, 0.3) is 0 Å². The van der Waals surface area contributed by atoms with Gasteiger partial charge in [-0.2, -0.15) is 10.1 Å². The van der Waals surface area contributed by atoms with Gasteiger partial charge in [-0.1, -0.05) is 72.8 Å². The standard InChI is InChI=1S/C42H48N6O4/c1-42(2,3)52-41(49)48-25-34-33(35(34)26-48)24-46-20-22-47(23-21-46)36-17-11-16-31-38(44-45(4)39(31)36)32-18-19-37(50-27-29-12-7-5-8-13-29)43-40(32)51-28-30-14-9-6-10-15-30/h5-19,33-35H,20-28H2,1-4H3/t33?,34-,35+. The van der Waals surface area contributed by atoms with Crippen LogP contribution in [-0.2, 0) is 25.0 Å². The lowest BCUT2D eigenvalue weighted by Gasteiger charge is -2.37. The molecule has 0 bridgehead atoms. The normalized spacial score (nSPS) is 20.2. The van der Waals surface area contributed by atoms with Crippen molar-refractivity contribution in [2.24, 2.45) is 24.8 Å². The van der Waals surface area contributed by atoms with Crippen molar-refractivity contribution in [3.8, 4) is 23.0 Å². The number of fused-ring (bicyclic) bond motifs is 2. The molecule has 4 heterocycles. The number of anilines is 1. The smallest absolute Gasteiger partial charge is 0.410 e. The Bertz CT molecular complexity index is 2010. The summed E-state index contributed by atoms with van der Waals surface area (Å²) in [5.41, 5.74) is 5.64. The predicted octanol–water partition coefficient (Wildman–Crippen LogP) is 7.03. The molecular formula is C42H48N6O4. The first kappa shape index (κ1) is 34.0. The molecule has 3 aliphatic rings. The van der Waals surface area contributed by atoms with Gasteiger partial charge in [0.2, 0.25) is 11.8 Å². The molecule has 52 heavy (non-hydrogen) atoms. The molecule has 0 spiro atoms. The van der Waals surface area contributed by atoms with Crippen LogP contribution in [0.3, 0.4) is 0 Å². The number of hydrogen-bond acceptors (Lipinski definition) is 8. The molecule has 0 radical (unpaired) electrons. The van der Waals surface area contributed by atoms with E-state index in [-0.39, 0.29) is 6.09 Å². The fraction of sp³-hybridized carbons (Fsp3) is 0.405. The maximum absolute atomic E-state index is 12.5. The van der Waals surface area contributed by atoms with Gasteiger partial charge >= 0.3 is 6.09 Å². The number of piperidine rings is 1. The molecule has 270 valence electrons. The van der Waals surface area contributed by atoms with E-state index in [1.807, 2.05) is 110 Å². The Balaban J connectivity index is 0.961. The third-order valence-electron chi connectivity index (χ3n) is 10.6. The van der Waals surface area contributed by atoms with Crippen molar-refractivity contribution in [1.29, 1.82) is 0 Å². The number of piperazine rings is 1. The summed E-state index contributed by atoms with van der Waals surface area (Å²) in [5.74, 6) is 2.88. The van der Waals surface area contributed by atoms with Gasteiger partial charge in [0.15, 0.2) is 0 Å². The summed E-state index contributed by atoms with van der Waals surface area (Å²) in [4.78, 5) is 24.4. The van der Waals surface area contributed by atoms with Crippen LogP contribution in [0.5, 0.6) is 11.8 Å². The summed E-state index contributed by atoms with van der Waals surface area (Å²) in [6.45, 7) is 13.3. The van der Waals surface area contributed by atoms with E-state index in [1.54, 1.807) is 0 Å². The van der Waals surface area contributed by atoms with E-state index in [1.165, 1.54) is 5.69 Å².